The van der Waals surface area contributed by atoms with Crippen LogP contribution in [0.25, 0.3) is 0 Å². The van der Waals surface area contributed by atoms with Crippen molar-refractivity contribution in [3.8, 4) is 5.75 Å². The summed E-state index contributed by atoms with van der Waals surface area (Å²) in [7, 11) is 0. The lowest BCUT2D eigenvalue weighted by molar-refractivity contribution is 0.0919. The van der Waals surface area contributed by atoms with Crippen molar-refractivity contribution >= 4 is 0 Å². The van der Waals surface area contributed by atoms with E-state index in [1.165, 1.54) is 0 Å². The zero-order valence-corrected chi connectivity index (χ0v) is 12.1. The van der Waals surface area contributed by atoms with Gasteiger partial charge in [-0.2, -0.15) is 0 Å². The van der Waals surface area contributed by atoms with Crippen molar-refractivity contribution in [2.75, 3.05) is 19.7 Å². The number of hydrogen-bond acceptors (Lipinski definition) is 3. The molecule has 0 spiro atoms. The lowest BCUT2D eigenvalue weighted by Gasteiger charge is -2.41. The molecule has 1 aliphatic rings. The third kappa shape index (κ3) is 3.95. The van der Waals surface area contributed by atoms with E-state index in [1.807, 2.05) is 30.3 Å². The van der Waals surface area contributed by atoms with Crippen LogP contribution in [0.1, 0.15) is 26.7 Å². The molecule has 3 unspecified atom stereocenters. The number of nitrogens with zero attached hydrogens (tertiary/aromatic N) is 1. The molecule has 1 aliphatic heterocycles. The first-order valence-corrected chi connectivity index (χ1v) is 7.36. The van der Waals surface area contributed by atoms with E-state index in [0.29, 0.717) is 18.0 Å². The second kappa shape index (κ2) is 6.92. The highest BCUT2D eigenvalue weighted by atomic mass is 16.5. The van der Waals surface area contributed by atoms with Gasteiger partial charge >= 0.3 is 0 Å². The Hall–Kier alpha value is -1.06. The summed E-state index contributed by atoms with van der Waals surface area (Å²) < 4.78 is 5.73. The molecule has 0 aromatic heterocycles. The largest absolute Gasteiger partial charge is 0.494 e. The van der Waals surface area contributed by atoms with Gasteiger partial charge in [-0.05, 0) is 44.4 Å². The minimum atomic E-state index is 0.367. The number of nitrogens with two attached hydrogens (primary N) is 1. The van der Waals surface area contributed by atoms with Crippen molar-refractivity contribution in [3.05, 3.63) is 30.3 Å². The van der Waals surface area contributed by atoms with Crippen molar-refractivity contribution in [1.29, 1.82) is 0 Å². The van der Waals surface area contributed by atoms with Gasteiger partial charge in [0.25, 0.3) is 0 Å². The van der Waals surface area contributed by atoms with Crippen LogP contribution in [0.15, 0.2) is 30.3 Å². The Morgan fingerprint density at radius 2 is 2.00 bits per heavy atom. The predicted octanol–water partition coefficient (Wildman–Crippen LogP) is 2.51. The maximum atomic E-state index is 6.11. The monoisotopic (exact) mass is 262 g/mol. The van der Waals surface area contributed by atoms with Crippen molar-refractivity contribution in [2.45, 2.75) is 38.8 Å². The van der Waals surface area contributed by atoms with Crippen LogP contribution in [-0.2, 0) is 0 Å². The van der Waals surface area contributed by atoms with Crippen LogP contribution in [0.4, 0.5) is 0 Å². The molecule has 19 heavy (non-hydrogen) atoms. The molecular weight excluding hydrogens is 236 g/mol. The van der Waals surface area contributed by atoms with E-state index in [1.54, 1.807) is 0 Å². The quantitative estimate of drug-likeness (QED) is 0.829. The number of para-hydroxylation sites is 1. The van der Waals surface area contributed by atoms with Gasteiger partial charge in [-0.1, -0.05) is 25.1 Å². The fraction of sp³-hybridized carbons (Fsp3) is 0.625. The molecule has 1 saturated heterocycles. The summed E-state index contributed by atoms with van der Waals surface area (Å²) in [5, 5.41) is 0. The molecule has 1 aromatic carbocycles. The van der Waals surface area contributed by atoms with Gasteiger partial charge in [0, 0.05) is 18.6 Å². The Morgan fingerprint density at radius 3 is 2.74 bits per heavy atom. The van der Waals surface area contributed by atoms with Crippen LogP contribution in [-0.4, -0.2) is 36.7 Å². The Morgan fingerprint density at radius 1 is 1.26 bits per heavy atom. The van der Waals surface area contributed by atoms with Gasteiger partial charge in [0.05, 0.1) is 6.61 Å². The maximum Gasteiger partial charge on any atom is 0.119 e. The molecule has 0 radical (unpaired) electrons. The Bertz CT molecular complexity index is 368. The second-order valence-corrected chi connectivity index (χ2v) is 5.60. The lowest BCUT2D eigenvalue weighted by Crippen LogP contribution is -2.51. The second-order valence-electron chi connectivity index (χ2n) is 5.60. The summed E-state index contributed by atoms with van der Waals surface area (Å²) in [5.41, 5.74) is 6.11. The van der Waals surface area contributed by atoms with Gasteiger partial charge in [-0.25, -0.2) is 0 Å². The molecule has 2 N–H and O–H groups in total. The Kier molecular flexibility index (Phi) is 5.23. The van der Waals surface area contributed by atoms with Crippen molar-refractivity contribution in [3.63, 3.8) is 0 Å². The fourth-order valence-electron chi connectivity index (χ4n) is 2.76. The highest BCUT2D eigenvalue weighted by Gasteiger charge is 2.29. The molecule has 0 bridgehead atoms. The summed E-state index contributed by atoms with van der Waals surface area (Å²) in [6, 6.07) is 11.0. The van der Waals surface area contributed by atoms with Gasteiger partial charge < -0.3 is 15.4 Å². The minimum Gasteiger partial charge on any atom is -0.494 e. The number of likely N-dealkylation sites (tertiary alicyclic amines) is 1. The molecule has 106 valence electrons. The molecule has 3 atom stereocenters. The first-order valence-electron chi connectivity index (χ1n) is 7.36. The van der Waals surface area contributed by atoms with E-state index in [0.717, 1.165) is 38.3 Å². The Balaban J connectivity index is 1.68. The average molecular weight is 262 g/mol. The highest BCUT2D eigenvalue weighted by Crippen LogP contribution is 2.22. The third-order valence-electron chi connectivity index (χ3n) is 4.36. The molecule has 0 aliphatic carbocycles. The predicted molar refractivity (Wildman–Crippen MR) is 79.3 cm³/mol. The number of benzene rings is 1. The van der Waals surface area contributed by atoms with E-state index in [2.05, 4.69) is 18.7 Å². The molecule has 0 amide bonds. The number of hydrogen-bond donors (Lipinski definition) is 1. The van der Waals surface area contributed by atoms with Gasteiger partial charge in [0.1, 0.15) is 5.75 Å². The summed E-state index contributed by atoms with van der Waals surface area (Å²) in [5.74, 6) is 1.55. The van der Waals surface area contributed by atoms with Crippen molar-refractivity contribution in [1.82, 2.24) is 4.90 Å². The van der Waals surface area contributed by atoms with E-state index < -0.39 is 0 Å². The first-order chi connectivity index (χ1) is 9.18. The summed E-state index contributed by atoms with van der Waals surface area (Å²) >= 11 is 0. The van der Waals surface area contributed by atoms with Crippen LogP contribution >= 0.6 is 0 Å². The van der Waals surface area contributed by atoms with Gasteiger partial charge in [0.2, 0.25) is 0 Å². The van der Waals surface area contributed by atoms with E-state index in [4.69, 9.17) is 10.5 Å². The molecule has 1 aromatic rings. The fourth-order valence-corrected chi connectivity index (χ4v) is 2.76. The molecule has 2 rings (SSSR count). The molecule has 0 saturated carbocycles. The van der Waals surface area contributed by atoms with E-state index in [-0.39, 0.29) is 0 Å². The van der Waals surface area contributed by atoms with Crippen LogP contribution in [0.5, 0.6) is 5.75 Å². The van der Waals surface area contributed by atoms with Crippen LogP contribution in [0.2, 0.25) is 0 Å². The van der Waals surface area contributed by atoms with Crippen molar-refractivity contribution in [2.24, 2.45) is 11.7 Å². The van der Waals surface area contributed by atoms with Gasteiger partial charge in [-0.3, -0.25) is 0 Å². The molecule has 3 nitrogen and oxygen atoms in total. The number of piperidine rings is 1. The van der Waals surface area contributed by atoms with Crippen LogP contribution in [0.3, 0.4) is 0 Å². The first kappa shape index (κ1) is 14.4. The Labute approximate surface area is 116 Å². The molecule has 1 heterocycles. The average Bonchev–Trinajstić information content (AvgIpc) is 2.44. The lowest BCUT2D eigenvalue weighted by atomic mass is 9.87. The van der Waals surface area contributed by atoms with E-state index >= 15 is 0 Å². The summed E-state index contributed by atoms with van der Waals surface area (Å²) in [6.45, 7) is 7.57. The molecule has 1 fully saturated rings. The topological polar surface area (TPSA) is 38.5 Å². The van der Waals surface area contributed by atoms with Crippen LogP contribution < -0.4 is 10.5 Å². The highest BCUT2D eigenvalue weighted by molar-refractivity contribution is 5.20. The van der Waals surface area contributed by atoms with Gasteiger partial charge in [-0.15, -0.1) is 0 Å². The van der Waals surface area contributed by atoms with Crippen molar-refractivity contribution < 1.29 is 4.74 Å². The smallest absolute Gasteiger partial charge is 0.119 e. The maximum absolute atomic E-state index is 6.11. The zero-order chi connectivity index (χ0) is 13.7. The molecule has 3 heteroatoms. The molecular formula is C16H26N2O. The standard InChI is InChI=1S/C16H26N2O/c1-13-14(2)18(11-9-16(13)17)10-6-12-19-15-7-4-3-5-8-15/h3-5,7-8,13-14,16H,6,9-12,17H2,1-2H3. The minimum absolute atomic E-state index is 0.367. The van der Waals surface area contributed by atoms with Crippen LogP contribution in [0, 0.1) is 5.92 Å². The summed E-state index contributed by atoms with van der Waals surface area (Å²) in [4.78, 5) is 2.54. The third-order valence-corrected chi connectivity index (χ3v) is 4.36. The van der Waals surface area contributed by atoms with Gasteiger partial charge in [0.15, 0.2) is 0 Å². The normalized spacial score (nSPS) is 28.3. The number of rotatable bonds is 5. The zero-order valence-electron chi connectivity index (χ0n) is 12.1. The SMILES string of the molecule is CC1C(N)CCN(CCCOc2ccccc2)C1C. The number of ether oxygens (including phenoxy) is 1. The van der Waals surface area contributed by atoms with E-state index in [9.17, 15) is 0 Å². The summed E-state index contributed by atoms with van der Waals surface area (Å²) in [6.07, 6.45) is 2.19.